The van der Waals surface area contributed by atoms with Crippen molar-refractivity contribution in [1.82, 2.24) is 10.3 Å². The molecule has 1 heterocycles. The summed E-state index contributed by atoms with van der Waals surface area (Å²) < 4.78 is 0. The topological polar surface area (TPSA) is 27.8 Å². The molecule has 0 aliphatic heterocycles. The van der Waals surface area contributed by atoms with E-state index in [2.05, 4.69) is 61.9 Å². The van der Waals surface area contributed by atoms with Crippen molar-refractivity contribution in [3.8, 4) is 0 Å². The smallest absolute Gasteiger partial charge is 0.0459 e. The zero-order valence-corrected chi connectivity index (χ0v) is 14.8. The predicted octanol–water partition coefficient (Wildman–Crippen LogP) is 5.29. The minimum Gasteiger partial charge on any atom is -0.357 e. The lowest BCUT2D eigenvalue weighted by Crippen LogP contribution is -2.26. The van der Waals surface area contributed by atoms with E-state index in [4.69, 9.17) is 0 Å². The highest BCUT2D eigenvalue weighted by Crippen LogP contribution is 2.36. The second-order valence-electron chi connectivity index (χ2n) is 7.54. The molecule has 0 saturated heterocycles. The van der Waals surface area contributed by atoms with E-state index in [1.54, 1.807) is 0 Å². The number of allylic oxidation sites excluding steroid dienone is 1. The molecule has 1 aromatic heterocycles. The van der Waals surface area contributed by atoms with E-state index in [0.717, 1.165) is 24.9 Å². The van der Waals surface area contributed by atoms with Gasteiger partial charge in [-0.1, -0.05) is 19.9 Å². The number of rotatable bonds is 7. The minimum absolute atomic E-state index is 0.575. The van der Waals surface area contributed by atoms with Crippen LogP contribution in [0.5, 0.6) is 0 Å². The maximum absolute atomic E-state index is 3.88. The molecule has 1 aliphatic carbocycles. The second kappa shape index (κ2) is 6.92. The highest BCUT2D eigenvalue weighted by molar-refractivity contribution is 5.82. The molecule has 2 heteroatoms. The number of benzene rings is 1. The number of aryl methyl sites for hydroxylation is 1. The molecule has 124 valence electrons. The Hall–Kier alpha value is -1.54. The van der Waals surface area contributed by atoms with Crippen LogP contribution in [0.3, 0.4) is 0 Å². The lowest BCUT2D eigenvalue weighted by atomic mass is 9.73. The molecule has 2 N–H and O–H groups in total. The average Bonchev–Trinajstić information content (AvgIpc) is 2.85. The Morgan fingerprint density at radius 3 is 2.78 bits per heavy atom. The molecule has 23 heavy (non-hydrogen) atoms. The summed E-state index contributed by atoms with van der Waals surface area (Å²) in [6.07, 6.45) is 6.09. The predicted molar refractivity (Wildman–Crippen MR) is 99.9 cm³/mol. The highest BCUT2D eigenvalue weighted by atomic mass is 14.9. The molecule has 0 spiro atoms. The van der Waals surface area contributed by atoms with Gasteiger partial charge in [0.25, 0.3) is 0 Å². The first-order valence-electron chi connectivity index (χ1n) is 9.02. The van der Waals surface area contributed by atoms with Gasteiger partial charge in [0, 0.05) is 17.8 Å². The van der Waals surface area contributed by atoms with E-state index in [0.29, 0.717) is 5.92 Å². The zero-order valence-electron chi connectivity index (χ0n) is 14.8. The van der Waals surface area contributed by atoms with Crippen LogP contribution in [0.1, 0.15) is 55.8 Å². The molecule has 1 fully saturated rings. The quantitative estimate of drug-likeness (QED) is 0.527. The van der Waals surface area contributed by atoms with E-state index in [9.17, 15) is 0 Å². The lowest BCUT2D eigenvalue weighted by Gasteiger charge is -2.33. The van der Waals surface area contributed by atoms with Crippen LogP contribution in [-0.2, 0) is 6.54 Å². The van der Waals surface area contributed by atoms with Crippen molar-refractivity contribution in [3.05, 3.63) is 47.7 Å². The Morgan fingerprint density at radius 2 is 2.09 bits per heavy atom. The van der Waals surface area contributed by atoms with Gasteiger partial charge in [0.1, 0.15) is 0 Å². The number of nitrogens with one attached hydrogen (secondary N) is 2. The summed E-state index contributed by atoms with van der Waals surface area (Å²) in [5.74, 6) is 2.27. The molecule has 1 aromatic carbocycles. The molecule has 2 aromatic rings. The van der Waals surface area contributed by atoms with Gasteiger partial charge in [-0.2, -0.15) is 0 Å². The van der Waals surface area contributed by atoms with Gasteiger partial charge in [0.2, 0.25) is 0 Å². The molecule has 0 bridgehead atoms. The number of aromatic nitrogens is 1. The summed E-state index contributed by atoms with van der Waals surface area (Å²) in [6.45, 7) is 12.7. The third kappa shape index (κ3) is 3.69. The third-order valence-corrected chi connectivity index (χ3v) is 5.34. The normalized spacial score (nSPS) is 20.9. The van der Waals surface area contributed by atoms with Crippen molar-refractivity contribution in [2.24, 2.45) is 11.8 Å². The molecule has 0 unspecified atom stereocenters. The zero-order chi connectivity index (χ0) is 16.4. The third-order valence-electron chi connectivity index (χ3n) is 5.34. The molecule has 0 amide bonds. The van der Waals surface area contributed by atoms with E-state index >= 15 is 0 Å². The minimum atomic E-state index is 0.575. The Balaban J connectivity index is 1.53. The molecule has 0 atom stereocenters. The lowest BCUT2D eigenvalue weighted by molar-refractivity contribution is 0.223. The van der Waals surface area contributed by atoms with Crippen LogP contribution < -0.4 is 5.32 Å². The SMILES string of the molecule is C=CC1CC(CCNCc2cc3cc(C)c(C(C)C)cc3[nH]2)C1. The van der Waals surface area contributed by atoms with Crippen LogP contribution in [0.15, 0.2) is 30.9 Å². The summed E-state index contributed by atoms with van der Waals surface area (Å²) in [7, 11) is 0. The second-order valence-corrected chi connectivity index (χ2v) is 7.54. The summed E-state index contributed by atoms with van der Waals surface area (Å²) in [6, 6.07) is 6.92. The maximum Gasteiger partial charge on any atom is 0.0459 e. The van der Waals surface area contributed by atoms with Gasteiger partial charge >= 0.3 is 0 Å². The fraction of sp³-hybridized carbons (Fsp3) is 0.524. The average molecular weight is 310 g/mol. The van der Waals surface area contributed by atoms with Gasteiger partial charge < -0.3 is 10.3 Å². The Kier molecular flexibility index (Phi) is 4.91. The van der Waals surface area contributed by atoms with E-state index in [1.807, 2.05) is 0 Å². The molecule has 0 radical (unpaired) electrons. The van der Waals surface area contributed by atoms with Gasteiger partial charge in [-0.05, 0) is 85.2 Å². The standard InChI is InChI=1S/C21H30N2/c1-5-16-9-17(10-16)6-7-22-13-19-11-18-8-15(4)20(14(2)3)12-21(18)23-19/h5,8,11-12,14,16-17,22-23H,1,6-7,9-10,13H2,2-4H3. The Bertz CT molecular complexity index is 674. The number of H-pyrrole nitrogens is 1. The first-order valence-corrected chi connectivity index (χ1v) is 9.02. The van der Waals surface area contributed by atoms with Crippen LogP contribution >= 0.6 is 0 Å². The first-order chi connectivity index (χ1) is 11.1. The molecule has 1 saturated carbocycles. The fourth-order valence-electron chi connectivity index (χ4n) is 3.83. The van der Waals surface area contributed by atoms with E-state index in [1.165, 1.54) is 47.0 Å². The van der Waals surface area contributed by atoms with Crippen LogP contribution in [0.2, 0.25) is 0 Å². The number of hydrogen-bond donors (Lipinski definition) is 2. The van der Waals surface area contributed by atoms with Crippen LogP contribution in [0, 0.1) is 18.8 Å². The van der Waals surface area contributed by atoms with Gasteiger partial charge in [0.05, 0.1) is 0 Å². The maximum atomic E-state index is 3.88. The van der Waals surface area contributed by atoms with E-state index in [-0.39, 0.29) is 0 Å². The van der Waals surface area contributed by atoms with Crippen molar-refractivity contribution in [2.45, 2.75) is 52.5 Å². The molecule has 3 rings (SSSR count). The van der Waals surface area contributed by atoms with Crippen molar-refractivity contribution in [2.75, 3.05) is 6.54 Å². The first kappa shape index (κ1) is 16.3. The summed E-state index contributed by atoms with van der Waals surface area (Å²) in [4.78, 5) is 3.57. The summed E-state index contributed by atoms with van der Waals surface area (Å²) >= 11 is 0. The van der Waals surface area contributed by atoms with Crippen molar-refractivity contribution < 1.29 is 0 Å². The van der Waals surface area contributed by atoms with Crippen LogP contribution in [-0.4, -0.2) is 11.5 Å². The van der Waals surface area contributed by atoms with Crippen molar-refractivity contribution in [1.29, 1.82) is 0 Å². The van der Waals surface area contributed by atoms with Crippen LogP contribution in [0.25, 0.3) is 10.9 Å². The molecule has 2 nitrogen and oxygen atoms in total. The monoisotopic (exact) mass is 310 g/mol. The Labute approximate surface area is 140 Å². The molecule has 1 aliphatic rings. The van der Waals surface area contributed by atoms with Crippen molar-refractivity contribution >= 4 is 10.9 Å². The van der Waals surface area contributed by atoms with Crippen LogP contribution in [0.4, 0.5) is 0 Å². The molecular formula is C21H30N2. The van der Waals surface area contributed by atoms with E-state index < -0.39 is 0 Å². The summed E-state index contributed by atoms with van der Waals surface area (Å²) in [5.41, 5.74) is 5.40. The Morgan fingerprint density at radius 1 is 1.30 bits per heavy atom. The van der Waals surface area contributed by atoms with Gasteiger partial charge in [-0.3, -0.25) is 0 Å². The van der Waals surface area contributed by atoms with Gasteiger partial charge in [0.15, 0.2) is 0 Å². The number of hydrogen-bond acceptors (Lipinski definition) is 1. The highest BCUT2D eigenvalue weighted by Gasteiger charge is 2.25. The number of fused-ring (bicyclic) bond motifs is 1. The van der Waals surface area contributed by atoms with Gasteiger partial charge in [-0.25, -0.2) is 0 Å². The van der Waals surface area contributed by atoms with Gasteiger partial charge in [-0.15, -0.1) is 6.58 Å². The number of aromatic amines is 1. The summed E-state index contributed by atoms with van der Waals surface area (Å²) in [5, 5.41) is 4.92. The van der Waals surface area contributed by atoms with Crippen molar-refractivity contribution in [3.63, 3.8) is 0 Å². The largest absolute Gasteiger partial charge is 0.357 e. The molecular weight excluding hydrogens is 280 g/mol. The fourth-order valence-corrected chi connectivity index (χ4v) is 3.83.